The quantitative estimate of drug-likeness (QED) is 0.516. The molecule has 0 saturated carbocycles. The summed E-state index contributed by atoms with van der Waals surface area (Å²) < 4.78 is 0. The van der Waals surface area contributed by atoms with Gasteiger partial charge in [0.25, 0.3) is 0 Å². The van der Waals surface area contributed by atoms with E-state index in [4.69, 9.17) is 0 Å². The molecule has 1 aromatic carbocycles. The number of hydrogen-bond donors (Lipinski definition) is 0. The average molecular weight is 190 g/mol. The maximum atomic E-state index is 10.6. The number of aldehydes is 1. The van der Waals surface area contributed by atoms with E-state index in [1.807, 2.05) is 30.3 Å². The van der Waals surface area contributed by atoms with E-state index in [0.717, 1.165) is 11.8 Å². The first-order valence-corrected chi connectivity index (χ1v) is 4.41. The maximum absolute atomic E-state index is 10.6. The van der Waals surface area contributed by atoms with Crippen molar-refractivity contribution in [2.45, 2.75) is 19.5 Å². The van der Waals surface area contributed by atoms with Crippen molar-refractivity contribution in [3.05, 3.63) is 35.9 Å². The molecular weight excluding hydrogens is 178 g/mol. The largest absolute Gasteiger partial charge is 0.321 e. The molecule has 1 radical (unpaired) electrons. The molecule has 0 spiro atoms. The molecule has 3 heteroatoms. The fourth-order valence-electron chi connectivity index (χ4n) is 1.11. The zero-order valence-corrected chi connectivity index (χ0v) is 8.01. The normalized spacial score (nSPS) is 11.8. The van der Waals surface area contributed by atoms with Gasteiger partial charge in [-0.05, 0) is 12.5 Å². The van der Waals surface area contributed by atoms with Crippen LogP contribution in [-0.4, -0.2) is 23.6 Å². The highest BCUT2D eigenvalue weighted by Gasteiger charge is 2.11. The molecule has 0 aliphatic carbocycles. The van der Waals surface area contributed by atoms with Crippen LogP contribution in [0, 0.1) is 0 Å². The smallest absolute Gasteiger partial charge is 0.313 e. The molecule has 1 unspecified atom stereocenters. The standard InChI is InChI=1S/C11H12NO2/c1-10(8-13)12(9-14)7-11-5-3-2-4-6-11/h2-6,8,10H,7H2,1H3. The second-order valence-corrected chi connectivity index (χ2v) is 3.08. The number of rotatable bonds is 5. The van der Waals surface area contributed by atoms with Gasteiger partial charge >= 0.3 is 6.41 Å². The zero-order chi connectivity index (χ0) is 10.4. The van der Waals surface area contributed by atoms with Crippen LogP contribution < -0.4 is 0 Å². The van der Waals surface area contributed by atoms with Gasteiger partial charge in [-0.3, -0.25) is 4.79 Å². The summed E-state index contributed by atoms with van der Waals surface area (Å²) in [6.45, 7) is 2.09. The molecule has 0 fully saturated rings. The fourth-order valence-corrected chi connectivity index (χ4v) is 1.11. The Kier molecular flexibility index (Phi) is 3.85. The van der Waals surface area contributed by atoms with Crippen molar-refractivity contribution in [3.63, 3.8) is 0 Å². The molecule has 0 aliphatic heterocycles. The van der Waals surface area contributed by atoms with E-state index in [0.29, 0.717) is 6.54 Å². The minimum Gasteiger partial charge on any atom is -0.321 e. The van der Waals surface area contributed by atoms with E-state index >= 15 is 0 Å². The van der Waals surface area contributed by atoms with Gasteiger partial charge in [-0.15, -0.1) is 0 Å². The lowest BCUT2D eigenvalue weighted by Crippen LogP contribution is -2.32. The van der Waals surface area contributed by atoms with Gasteiger partial charge in [0.15, 0.2) is 0 Å². The summed E-state index contributed by atoms with van der Waals surface area (Å²) in [6.07, 6.45) is 2.48. The first-order valence-electron chi connectivity index (χ1n) is 4.41. The Morgan fingerprint density at radius 3 is 2.57 bits per heavy atom. The molecule has 1 aromatic rings. The molecule has 3 nitrogen and oxygen atoms in total. The average Bonchev–Trinajstić information content (AvgIpc) is 2.26. The second kappa shape index (κ2) is 5.17. The van der Waals surface area contributed by atoms with Gasteiger partial charge in [0.05, 0.1) is 6.04 Å². The number of hydrogen-bond acceptors (Lipinski definition) is 2. The highest BCUT2D eigenvalue weighted by Crippen LogP contribution is 2.04. The molecule has 1 atom stereocenters. The lowest BCUT2D eigenvalue weighted by molar-refractivity contribution is -0.110. The van der Waals surface area contributed by atoms with E-state index in [1.54, 1.807) is 13.3 Å². The zero-order valence-electron chi connectivity index (χ0n) is 8.01. The Morgan fingerprint density at radius 1 is 1.43 bits per heavy atom. The van der Waals surface area contributed by atoms with Crippen molar-refractivity contribution >= 4 is 12.7 Å². The van der Waals surface area contributed by atoms with Crippen LogP contribution in [0.3, 0.4) is 0 Å². The minimum atomic E-state index is -0.423. The number of amides is 1. The Balaban J connectivity index is 2.66. The van der Waals surface area contributed by atoms with E-state index in [-0.39, 0.29) is 0 Å². The van der Waals surface area contributed by atoms with Crippen molar-refractivity contribution in [1.82, 2.24) is 4.90 Å². The second-order valence-electron chi connectivity index (χ2n) is 3.08. The van der Waals surface area contributed by atoms with Crippen molar-refractivity contribution in [1.29, 1.82) is 0 Å². The van der Waals surface area contributed by atoms with Gasteiger partial charge in [-0.25, -0.2) is 0 Å². The molecule has 0 bridgehead atoms. The third-order valence-corrected chi connectivity index (χ3v) is 2.00. The first kappa shape index (κ1) is 10.4. The van der Waals surface area contributed by atoms with Gasteiger partial charge < -0.3 is 9.69 Å². The van der Waals surface area contributed by atoms with Crippen LogP contribution in [0.2, 0.25) is 0 Å². The molecule has 0 aromatic heterocycles. The summed E-state index contributed by atoms with van der Waals surface area (Å²) in [7, 11) is 0. The van der Waals surface area contributed by atoms with Crippen molar-refractivity contribution in [2.24, 2.45) is 0 Å². The third kappa shape index (κ3) is 2.69. The van der Waals surface area contributed by atoms with Crippen molar-refractivity contribution < 1.29 is 9.59 Å². The lowest BCUT2D eigenvalue weighted by Gasteiger charge is -2.19. The van der Waals surface area contributed by atoms with Crippen LogP contribution in [0.15, 0.2) is 30.3 Å². The van der Waals surface area contributed by atoms with E-state index in [9.17, 15) is 9.59 Å². The molecule has 1 rings (SSSR count). The fraction of sp³-hybridized carbons (Fsp3) is 0.273. The van der Waals surface area contributed by atoms with E-state index in [2.05, 4.69) is 0 Å². The molecule has 73 valence electrons. The predicted molar refractivity (Wildman–Crippen MR) is 53.2 cm³/mol. The predicted octanol–water partition coefficient (Wildman–Crippen LogP) is 1.14. The summed E-state index contributed by atoms with van der Waals surface area (Å²) in [6, 6.07) is 9.08. The molecule has 1 amide bonds. The molecule has 0 N–H and O–H groups in total. The maximum Gasteiger partial charge on any atom is 0.313 e. The first-order chi connectivity index (χ1) is 6.77. The molecule has 0 heterocycles. The number of nitrogens with zero attached hydrogens (tertiary/aromatic N) is 1. The summed E-state index contributed by atoms with van der Waals surface area (Å²) >= 11 is 0. The Labute approximate surface area is 83.3 Å². The van der Waals surface area contributed by atoms with Gasteiger partial charge in [-0.1, -0.05) is 30.3 Å². The Hall–Kier alpha value is -1.64. The van der Waals surface area contributed by atoms with Crippen LogP contribution in [0.5, 0.6) is 0 Å². The van der Waals surface area contributed by atoms with E-state index in [1.165, 1.54) is 4.90 Å². The molecule has 0 aliphatic rings. The van der Waals surface area contributed by atoms with Crippen LogP contribution >= 0.6 is 0 Å². The number of benzene rings is 1. The monoisotopic (exact) mass is 190 g/mol. The lowest BCUT2D eigenvalue weighted by atomic mass is 10.2. The van der Waals surface area contributed by atoms with Crippen molar-refractivity contribution in [3.8, 4) is 0 Å². The Bertz CT molecular complexity index is 297. The topological polar surface area (TPSA) is 37.4 Å². The highest BCUT2D eigenvalue weighted by atomic mass is 16.1. The van der Waals surface area contributed by atoms with Gasteiger partial charge in [-0.2, -0.15) is 0 Å². The minimum absolute atomic E-state index is 0.421. The van der Waals surface area contributed by atoms with Crippen LogP contribution in [0.25, 0.3) is 0 Å². The molecular formula is C11H12NO2. The summed E-state index contributed by atoms with van der Waals surface area (Å²) in [5.74, 6) is 0. The van der Waals surface area contributed by atoms with Gasteiger partial charge in [0.1, 0.15) is 6.29 Å². The molecule has 14 heavy (non-hydrogen) atoms. The van der Waals surface area contributed by atoms with Crippen LogP contribution in [0.1, 0.15) is 12.5 Å². The van der Waals surface area contributed by atoms with Crippen LogP contribution in [-0.2, 0) is 16.1 Å². The number of carbonyl (C=O) groups excluding carboxylic acids is 2. The SMILES string of the molecule is CC(C=O)N([C]=O)Cc1ccccc1. The summed E-state index contributed by atoms with van der Waals surface area (Å²) in [5.41, 5.74) is 0.990. The van der Waals surface area contributed by atoms with E-state index < -0.39 is 6.04 Å². The van der Waals surface area contributed by atoms with Gasteiger partial charge in [0.2, 0.25) is 0 Å². The summed E-state index contributed by atoms with van der Waals surface area (Å²) in [5, 5.41) is 0. The molecule has 0 saturated heterocycles. The van der Waals surface area contributed by atoms with Crippen molar-refractivity contribution in [2.75, 3.05) is 0 Å². The van der Waals surface area contributed by atoms with Gasteiger partial charge in [0, 0.05) is 6.54 Å². The Morgan fingerprint density at radius 2 is 2.07 bits per heavy atom. The highest BCUT2D eigenvalue weighted by molar-refractivity contribution is 5.63. The summed E-state index contributed by atoms with van der Waals surface area (Å²) in [4.78, 5) is 22.4. The van der Waals surface area contributed by atoms with Crippen LogP contribution in [0.4, 0.5) is 0 Å². The third-order valence-electron chi connectivity index (χ3n) is 2.00. The number of carbonyl (C=O) groups is 1.